The lowest BCUT2D eigenvalue weighted by Gasteiger charge is -2.33. The van der Waals surface area contributed by atoms with E-state index in [9.17, 15) is 13.6 Å². The second-order valence-corrected chi connectivity index (χ2v) is 7.07. The smallest absolute Gasteiger partial charge is 0.275 e. The molecule has 2 aromatic rings. The van der Waals surface area contributed by atoms with E-state index in [1.54, 1.807) is 14.0 Å². The van der Waals surface area contributed by atoms with E-state index in [-0.39, 0.29) is 11.5 Å². The van der Waals surface area contributed by atoms with Gasteiger partial charge in [0.1, 0.15) is 17.4 Å². The average molecular weight is 390 g/mol. The first-order valence-corrected chi connectivity index (χ1v) is 9.43. The van der Waals surface area contributed by atoms with Gasteiger partial charge in [0.15, 0.2) is 6.54 Å². The third-order valence-electron chi connectivity index (χ3n) is 5.11. The Morgan fingerprint density at radius 3 is 2.64 bits per heavy atom. The summed E-state index contributed by atoms with van der Waals surface area (Å²) in [6.45, 7) is 5.40. The Hall–Kier alpha value is -2.67. The number of piperazine rings is 1. The van der Waals surface area contributed by atoms with Gasteiger partial charge in [0.05, 0.1) is 39.3 Å². The van der Waals surface area contributed by atoms with Crippen molar-refractivity contribution in [2.45, 2.75) is 13.0 Å². The van der Waals surface area contributed by atoms with Crippen molar-refractivity contribution in [3.8, 4) is 5.75 Å². The second-order valence-electron chi connectivity index (χ2n) is 7.07. The Morgan fingerprint density at radius 1 is 1.21 bits per heavy atom. The molecule has 1 atom stereocenters. The Bertz CT molecular complexity index is 823. The van der Waals surface area contributed by atoms with Crippen LogP contribution in [0.15, 0.2) is 42.5 Å². The fourth-order valence-corrected chi connectivity index (χ4v) is 3.52. The van der Waals surface area contributed by atoms with Crippen LogP contribution in [0, 0.1) is 11.6 Å². The number of halogens is 2. The first-order valence-electron chi connectivity index (χ1n) is 9.43. The van der Waals surface area contributed by atoms with E-state index < -0.39 is 17.7 Å². The summed E-state index contributed by atoms with van der Waals surface area (Å²) in [6.07, 6.45) is 0. The maximum absolute atomic E-state index is 13.9. The molecule has 2 N–H and O–H groups in total. The number of hydrogen-bond donors (Lipinski definition) is 2. The van der Waals surface area contributed by atoms with Crippen LogP contribution in [0.2, 0.25) is 0 Å². The minimum atomic E-state index is -0.646. The van der Waals surface area contributed by atoms with Crippen molar-refractivity contribution in [2.75, 3.05) is 44.7 Å². The molecule has 5 nitrogen and oxygen atoms in total. The lowest BCUT2D eigenvalue weighted by atomic mass is 10.1. The van der Waals surface area contributed by atoms with Crippen LogP contribution < -0.4 is 19.9 Å². The molecular formula is C21H26F2N3O2+. The maximum atomic E-state index is 13.9. The molecule has 0 aromatic heterocycles. The van der Waals surface area contributed by atoms with Crippen LogP contribution in [0.3, 0.4) is 0 Å². The third-order valence-corrected chi connectivity index (χ3v) is 5.11. The van der Waals surface area contributed by atoms with E-state index in [1.807, 2.05) is 18.2 Å². The molecule has 0 saturated carbocycles. The molecule has 0 aliphatic carbocycles. The summed E-state index contributed by atoms with van der Waals surface area (Å²) in [7, 11) is 1.65. The Balaban J connectivity index is 1.49. The number of carbonyl (C=O) groups is 1. The number of quaternary nitrogens is 1. The third kappa shape index (κ3) is 4.98. The summed E-state index contributed by atoms with van der Waals surface area (Å²) >= 11 is 0. The Morgan fingerprint density at radius 2 is 1.96 bits per heavy atom. The van der Waals surface area contributed by atoms with Crippen molar-refractivity contribution in [1.82, 2.24) is 5.32 Å². The molecule has 0 spiro atoms. The van der Waals surface area contributed by atoms with E-state index in [4.69, 9.17) is 4.74 Å². The van der Waals surface area contributed by atoms with Crippen LogP contribution in [-0.2, 0) is 4.79 Å². The van der Waals surface area contributed by atoms with Gasteiger partial charge in [-0.15, -0.1) is 0 Å². The van der Waals surface area contributed by atoms with E-state index >= 15 is 0 Å². The SMILES string of the molecule is COc1cccc(N2CC[NH+](CC(=O)N[C@@H](C)c3ccc(F)cc3F)CC2)c1. The molecule has 3 rings (SSSR count). The number of nitrogens with zero attached hydrogens (tertiary/aromatic N) is 1. The molecular weight excluding hydrogens is 364 g/mol. The molecule has 28 heavy (non-hydrogen) atoms. The normalized spacial score (nSPS) is 15.9. The molecule has 1 fully saturated rings. The Kier molecular flexibility index (Phi) is 6.46. The molecule has 1 aliphatic rings. The lowest BCUT2D eigenvalue weighted by molar-refractivity contribution is -0.892. The van der Waals surface area contributed by atoms with Crippen molar-refractivity contribution in [2.24, 2.45) is 0 Å². The molecule has 0 radical (unpaired) electrons. The van der Waals surface area contributed by atoms with E-state index in [0.717, 1.165) is 43.7 Å². The molecule has 1 aliphatic heterocycles. The van der Waals surface area contributed by atoms with Gasteiger partial charge in [0, 0.05) is 23.4 Å². The van der Waals surface area contributed by atoms with Crippen LogP contribution in [0.5, 0.6) is 5.75 Å². The number of ether oxygens (including phenoxy) is 1. The minimum absolute atomic E-state index is 0.138. The number of carbonyl (C=O) groups excluding carboxylic acids is 1. The monoisotopic (exact) mass is 390 g/mol. The van der Waals surface area contributed by atoms with Crippen LogP contribution >= 0.6 is 0 Å². The molecule has 0 bridgehead atoms. The van der Waals surface area contributed by atoms with Gasteiger partial charge in [-0.05, 0) is 25.1 Å². The predicted molar refractivity (Wildman–Crippen MR) is 104 cm³/mol. The number of anilines is 1. The number of rotatable bonds is 6. The van der Waals surface area contributed by atoms with Crippen molar-refractivity contribution in [1.29, 1.82) is 0 Å². The summed E-state index contributed by atoms with van der Waals surface area (Å²) in [5.74, 6) is -0.583. The maximum Gasteiger partial charge on any atom is 0.275 e. The van der Waals surface area contributed by atoms with Crippen molar-refractivity contribution >= 4 is 11.6 Å². The highest BCUT2D eigenvalue weighted by molar-refractivity contribution is 5.77. The highest BCUT2D eigenvalue weighted by atomic mass is 19.1. The highest BCUT2D eigenvalue weighted by Gasteiger charge is 2.24. The highest BCUT2D eigenvalue weighted by Crippen LogP contribution is 2.21. The standard InChI is InChI=1S/C21H25F2N3O2/c1-15(19-7-6-16(22)12-20(19)23)24-21(27)14-25-8-10-26(11-9-25)17-4-3-5-18(13-17)28-2/h3-7,12-13,15H,8-11,14H2,1-2H3,(H,24,27)/p+1/t15-/m0/s1. The first-order chi connectivity index (χ1) is 13.5. The number of amides is 1. The molecule has 150 valence electrons. The number of hydrogen-bond acceptors (Lipinski definition) is 3. The van der Waals surface area contributed by atoms with Crippen LogP contribution in [0.4, 0.5) is 14.5 Å². The fraction of sp³-hybridized carbons (Fsp3) is 0.381. The predicted octanol–water partition coefficient (Wildman–Crippen LogP) is 1.56. The zero-order valence-corrected chi connectivity index (χ0v) is 16.2. The largest absolute Gasteiger partial charge is 0.497 e. The van der Waals surface area contributed by atoms with Gasteiger partial charge in [-0.1, -0.05) is 12.1 Å². The second kappa shape index (κ2) is 9.01. The van der Waals surface area contributed by atoms with Gasteiger partial charge in [-0.3, -0.25) is 4.79 Å². The number of nitrogens with one attached hydrogen (secondary N) is 2. The zero-order valence-electron chi connectivity index (χ0n) is 16.2. The van der Waals surface area contributed by atoms with Gasteiger partial charge >= 0.3 is 0 Å². The van der Waals surface area contributed by atoms with Gasteiger partial charge in [0.2, 0.25) is 0 Å². The van der Waals surface area contributed by atoms with Gasteiger partial charge < -0.3 is 19.9 Å². The molecule has 1 heterocycles. The van der Waals surface area contributed by atoms with E-state index in [2.05, 4.69) is 16.3 Å². The average Bonchev–Trinajstić information content (AvgIpc) is 2.68. The van der Waals surface area contributed by atoms with Gasteiger partial charge in [0.25, 0.3) is 5.91 Å². The molecule has 2 aromatic carbocycles. The molecule has 7 heteroatoms. The molecule has 0 unspecified atom stereocenters. The number of methoxy groups -OCH3 is 1. The first kappa shape index (κ1) is 20.1. The topological polar surface area (TPSA) is 46.0 Å². The quantitative estimate of drug-likeness (QED) is 0.787. The summed E-state index contributed by atoms with van der Waals surface area (Å²) in [5.41, 5.74) is 1.40. The van der Waals surface area contributed by atoms with E-state index in [0.29, 0.717) is 6.54 Å². The summed E-state index contributed by atoms with van der Waals surface area (Å²) in [6, 6.07) is 10.8. The Labute approximate surface area is 163 Å². The summed E-state index contributed by atoms with van der Waals surface area (Å²) < 4.78 is 32.2. The van der Waals surface area contributed by atoms with Gasteiger partial charge in [-0.2, -0.15) is 0 Å². The van der Waals surface area contributed by atoms with Crippen LogP contribution in [-0.4, -0.2) is 45.7 Å². The van der Waals surface area contributed by atoms with Crippen LogP contribution in [0.25, 0.3) is 0 Å². The van der Waals surface area contributed by atoms with Crippen molar-refractivity contribution in [3.63, 3.8) is 0 Å². The molecule has 1 saturated heterocycles. The van der Waals surface area contributed by atoms with E-state index in [1.165, 1.54) is 17.0 Å². The molecule has 1 amide bonds. The van der Waals surface area contributed by atoms with Crippen molar-refractivity contribution in [3.05, 3.63) is 59.7 Å². The zero-order chi connectivity index (χ0) is 20.1. The number of benzene rings is 2. The van der Waals surface area contributed by atoms with Crippen molar-refractivity contribution < 1.29 is 23.2 Å². The lowest BCUT2D eigenvalue weighted by Crippen LogP contribution is -3.15. The van der Waals surface area contributed by atoms with Crippen LogP contribution in [0.1, 0.15) is 18.5 Å². The summed E-state index contributed by atoms with van der Waals surface area (Å²) in [4.78, 5) is 15.8. The van der Waals surface area contributed by atoms with Gasteiger partial charge in [-0.25, -0.2) is 8.78 Å². The fourth-order valence-electron chi connectivity index (χ4n) is 3.52. The summed E-state index contributed by atoms with van der Waals surface area (Å²) in [5, 5.41) is 2.81. The minimum Gasteiger partial charge on any atom is -0.497 e.